The van der Waals surface area contributed by atoms with Gasteiger partial charge in [0, 0.05) is 31.6 Å². The third kappa shape index (κ3) is 3.35. The van der Waals surface area contributed by atoms with Gasteiger partial charge in [-0.2, -0.15) is 0 Å². The molecule has 2 heterocycles. The van der Waals surface area contributed by atoms with Crippen LogP contribution < -0.4 is 10.6 Å². The van der Waals surface area contributed by atoms with Gasteiger partial charge in [0.05, 0.1) is 0 Å². The summed E-state index contributed by atoms with van der Waals surface area (Å²) >= 11 is 0. The molecule has 0 saturated carbocycles. The standard InChI is InChI=1S/C14H25N5/c1-4-6-12-16-13(15)11(2)14(17-12)19-8-5-7-18(3)9-10-19/h4-10H2,1-3H3,(H2,15,16,17). The zero-order chi connectivity index (χ0) is 13.8. The van der Waals surface area contributed by atoms with Crippen LogP contribution in [0.15, 0.2) is 0 Å². The summed E-state index contributed by atoms with van der Waals surface area (Å²) in [5, 5.41) is 0. The Hall–Kier alpha value is -1.36. The molecule has 0 amide bonds. The van der Waals surface area contributed by atoms with Gasteiger partial charge < -0.3 is 15.5 Å². The lowest BCUT2D eigenvalue weighted by atomic mass is 10.2. The number of likely N-dealkylation sites (N-methyl/N-ethyl adjacent to an activating group) is 1. The highest BCUT2D eigenvalue weighted by atomic mass is 15.2. The first-order chi connectivity index (χ1) is 9.11. The summed E-state index contributed by atoms with van der Waals surface area (Å²) < 4.78 is 0. The summed E-state index contributed by atoms with van der Waals surface area (Å²) in [5.41, 5.74) is 7.05. The van der Waals surface area contributed by atoms with Gasteiger partial charge in [0.2, 0.25) is 0 Å². The van der Waals surface area contributed by atoms with E-state index in [4.69, 9.17) is 10.7 Å². The number of rotatable bonds is 3. The van der Waals surface area contributed by atoms with Crippen molar-refractivity contribution in [3.63, 3.8) is 0 Å². The SMILES string of the molecule is CCCc1nc(N)c(C)c(N2CCCN(C)CC2)n1. The summed E-state index contributed by atoms with van der Waals surface area (Å²) in [4.78, 5) is 13.8. The number of anilines is 2. The van der Waals surface area contributed by atoms with Crippen LogP contribution in [0.1, 0.15) is 31.2 Å². The molecule has 1 saturated heterocycles. The molecule has 0 aromatic carbocycles. The van der Waals surface area contributed by atoms with Crippen LogP contribution in [-0.4, -0.2) is 48.1 Å². The van der Waals surface area contributed by atoms with E-state index in [2.05, 4.69) is 28.8 Å². The number of nitrogens with two attached hydrogens (primary N) is 1. The van der Waals surface area contributed by atoms with Crippen LogP contribution in [-0.2, 0) is 6.42 Å². The molecule has 2 N–H and O–H groups in total. The van der Waals surface area contributed by atoms with Gasteiger partial charge in [-0.25, -0.2) is 9.97 Å². The summed E-state index contributed by atoms with van der Waals surface area (Å²) in [6.45, 7) is 8.45. The highest BCUT2D eigenvalue weighted by Gasteiger charge is 2.18. The van der Waals surface area contributed by atoms with Crippen molar-refractivity contribution in [1.29, 1.82) is 0 Å². The molecule has 0 atom stereocenters. The second-order valence-corrected chi connectivity index (χ2v) is 5.37. The molecule has 1 aromatic rings. The Morgan fingerprint density at radius 3 is 2.68 bits per heavy atom. The highest BCUT2D eigenvalue weighted by molar-refractivity contribution is 5.56. The maximum atomic E-state index is 6.04. The van der Waals surface area contributed by atoms with E-state index in [9.17, 15) is 0 Å². The fraction of sp³-hybridized carbons (Fsp3) is 0.714. The van der Waals surface area contributed by atoms with Crippen molar-refractivity contribution < 1.29 is 0 Å². The summed E-state index contributed by atoms with van der Waals surface area (Å²) in [6.07, 6.45) is 3.11. The third-order valence-electron chi connectivity index (χ3n) is 3.70. The van der Waals surface area contributed by atoms with Gasteiger partial charge in [-0.05, 0) is 33.4 Å². The quantitative estimate of drug-likeness (QED) is 0.894. The van der Waals surface area contributed by atoms with Gasteiger partial charge in [-0.15, -0.1) is 0 Å². The third-order valence-corrected chi connectivity index (χ3v) is 3.70. The molecule has 2 rings (SSSR count). The zero-order valence-corrected chi connectivity index (χ0v) is 12.3. The number of hydrogen-bond donors (Lipinski definition) is 1. The average Bonchev–Trinajstić information content (AvgIpc) is 2.59. The molecule has 0 spiro atoms. The van der Waals surface area contributed by atoms with Crippen LogP contribution >= 0.6 is 0 Å². The van der Waals surface area contributed by atoms with Crippen molar-refractivity contribution in [2.24, 2.45) is 0 Å². The van der Waals surface area contributed by atoms with E-state index < -0.39 is 0 Å². The van der Waals surface area contributed by atoms with Crippen LogP contribution in [0.25, 0.3) is 0 Å². The summed E-state index contributed by atoms with van der Waals surface area (Å²) in [6, 6.07) is 0. The Kier molecular flexibility index (Phi) is 4.58. The van der Waals surface area contributed by atoms with Gasteiger partial charge in [0.15, 0.2) is 0 Å². The van der Waals surface area contributed by atoms with E-state index in [1.165, 1.54) is 6.42 Å². The molecule has 0 aliphatic carbocycles. The second kappa shape index (κ2) is 6.19. The number of aryl methyl sites for hydroxylation is 1. The topological polar surface area (TPSA) is 58.3 Å². The van der Waals surface area contributed by atoms with Gasteiger partial charge in [0.1, 0.15) is 17.5 Å². The minimum absolute atomic E-state index is 0.631. The van der Waals surface area contributed by atoms with Crippen molar-refractivity contribution in [2.45, 2.75) is 33.1 Å². The Balaban J connectivity index is 2.26. The van der Waals surface area contributed by atoms with Crippen LogP contribution in [0.2, 0.25) is 0 Å². The lowest BCUT2D eigenvalue weighted by molar-refractivity contribution is 0.360. The molecule has 19 heavy (non-hydrogen) atoms. The van der Waals surface area contributed by atoms with Crippen LogP contribution in [0.3, 0.4) is 0 Å². The largest absolute Gasteiger partial charge is 0.383 e. The molecule has 1 aliphatic rings. The van der Waals surface area contributed by atoms with Crippen LogP contribution in [0.4, 0.5) is 11.6 Å². The Morgan fingerprint density at radius 2 is 1.95 bits per heavy atom. The molecule has 1 aliphatic heterocycles. The van der Waals surface area contributed by atoms with E-state index in [1.807, 2.05) is 6.92 Å². The lowest BCUT2D eigenvalue weighted by Crippen LogP contribution is -2.30. The van der Waals surface area contributed by atoms with Gasteiger partial charge in [0.25, 0.3) is 0 Å². The molecular formula is C14H25N5. The van der Waals surface area contributed by atoms with Gasteiger partial charge >= 0.3 is 0 Å². The van der Waals surface area contributed by atoms with Gasteiger partial charge in [-0.3, -0.25) is 0 Å². The molecule has 5 nitrogen and oxygen atoms in total. The first kappa shape index (κ1) is 14.1. The van der Waals surface area contributed by atoms with E-state index in [-0.39, 0.29) is 0 Å². The Morgan fingerprint density at radius 1 is 1.16 bits per heavy atom. The van der Waals surface area contributed by atoms with Crippen LogP contribution in [0, 0.1) is 6.92 Å². The molecule has 106 valence electrons. The number of nitrogens with zero attached hydrogens (tertiary/aromatic N) is 4. The minimum atomic E-state index is 0.631. The summed E-state index contributed by atoms with van der Waals surface area (Å²) in [5.74, 6) is 2.54. The molecule has 1 aromatic heterocycles. The summed E-state index contributed by atoms with van der Waals surface area (Å²) in [7, 11) is 2.17. The maximum absolute atomic E-state index is 6.04. The van der Waals surface area contributed by atoms with Crippen molar-refractivity contribution >= 4 is 11.6 Å². The van der Waals surface area contributed by atoms with E-state index >= 15 is 0 Å². The monoisotopic (exact) mass is 263 g/mol. The molecular weight excluding hydrogens is 238 g/mol. The first-order valence-corrected chi connectivity index (χ1v) is 7.18. The normalized spacial score (nSPS) is 17.5. The van der Waals surface area contributed by atoms with Crippen LogP contribution in [0.5, 0.6) is 0 Å². The average molecular weight is 263 g/mol. The van der Waals surface area contributed by atoms with Crippen molar-refractivity contribution in [3.05, 3.63) is 11.4 Å². The smallest absolute Gasteiger partial charge is 0.137 e. The Bertz CT molecular complexity index is 432. The molecule has 5 heteroatoms. The predicted octanol–water partition coefficient (Wildman–Crippen LogP) is 1.46. The lowest BCUT2D eigenvalue weighted by Gasteiger charge is -2.24. The molecule has 0 bridgehead atoms. The van der Waals surface area contributed by atoms with E-state index in [1.54, 1.807) is 0 Å². The van der Waals surface area contributed by atoms with E-state index in [0.717, 1.165) is 56.2 Å². The predicted molar refractivity (Wildman–Crippen MR) is 79.5 cm³/mol. The number of nitrogen functional groups attached to an aromatic ring is 1. The van der Waals surface area contributed by atoms with Crippen molar-refractivity contribution in [3.8, 4) is 0 Å². The minimum Gasteiger partial charge on any atom is -0.383 e. The number of aromatic nitrogens is 2. The zero-order valence-electron chi connectivity index (χ0n) is 12.3. The molecule has 1 fully saturated rings. The van der Waals surface area contributed by atoms with Crippen molar-refractivity contribution in [1.82, 2.24) is 14.9 Å². The second-order valence-electron chi connectivity index (χ2n) is 5.37. The molecule has 0 radical (unpaired) electrons. The van der Waals surface area contributed by atoms with E-state index in [0.29, 0.717) is 5.82 Å². The maximum Gasteiger partial charge on any atom is 0.137 e. The highest BCUT2D eigenvalue weighted by Crippen LogP contribution is 2.23. The molecule has 0 unspecified atom stereocenters. The fourth-order valence-corrected chi connectivity index (χ4v) is 2.47. The fourth-order valence-electron chi connectivity index (χ4n) is 2.47. The van der Waals surface area contributed by atoms with Crippen molar-refractivity contribution in [2.75, 3.05) is 43.9 Å². The van der Waals surface area contributed by atoms with Gasteiger partial charge in [-0.1, -0.05) is 6.92 Å². The first-order valence-electron chi connectivity index (χ1n) is 7.18. The number of hydrogen-bond acceptors (Lipinski definition) is 5. The Labute approximate surface area is 115 Å².